The summed E-state index contributed by atoms with van der Waals surface area (Å²) in [4.78, 5) is 22.2. The molecule has 3 N–H and O–H groups in total. The van der Waals surface area contributed by atoms with Gasteiger partial charge in [-0.1, -0.05) is 18.2 Å². The molecule has 2 rings (SSSR count). The Labute approximate surface area is 109 Å². The molecule has 19 heavy (non-hydrogen) atoms. The Hall–Kier alpha value is -2.69. The maximum absolute atomic E-state index is 11.1. The second-order valence-electron chi connectivity index (χ2n) is 4.09. The Morgan fingerprint density at radius 2 is 1.89 bits per heavy atom. The Morgan fingerprint density at radius 3 is 2.58 bits per heavy atom. The minimum Gasteiger partial charge on any atom is -0.478 e. The van der Waals surface area contributed by atoms with Crippen LogP contribution in [-0.2, 0) is 6.54 Å². The van der Waals surface area contributed by atoms with Crippen molar-refractivity contribution in [1.29, 1.82) is 0 Å². The average molecular weight is 257 g/mol. The number of aromatic nitrogens is 1. The average Bonchev–Trinajstić information content (AvgIpc) is 2.39. The monoisotopic (exact) mass is 257 g/mol. The van der Waals surface area contributed by atoms with E-state index in [1.807, 2.05) is 0 Å². The van der Waals surface area contributed by atoms with Crippen molar-refractivity contribution in [1.82, 2.24) is 0 Å². The van der Waals surface area contributed by atoms with Crippen molar-refractivity contribution in [2.24, 2.45) is 5.73 Å². The normalized spacial score (nSPS) is 10.1. The number of nitrogens with zero attached hydrogens (tertiary/aromatic N) is 1. The van der Waals surface area contributed by atoms with E-state index in [1.165, 1.54) is 0 Å². The van der Waals surface area contributed by atoms with Crippen molar-refractivity contribution >= 4 is 11.9 Å². The van der Waals surface area contributed by atoms with Gasteiger partial charge in [-0.05, 0) is 12.1 Å². The maximum atomic E-state index is 11.1. The van der Waals surface area contributed by atoms with E-state index in [0.29, 0.717) is 17.7 Å². The lowest BCUT2D eigenvalue weighted by Gasteiger charge is -2.03. The first-order valence-electron chi connectivity index (χ1n) is 5.68. The summed E-state index contributed by atoms with van der Waals surface area (Å²) < 4.78 is 1.72. The summed E-state index contributed by atoms with van der Waals surface area (Å²) in [5.74, 6) is -1.48. The molecule has 0 aliphatic rings. The summed E-state index contributed by atoms with van der Waals surface area (Å²) >= 11 is 0. The van der Waals surface area contributed by atoms with E-state index >= 15 is 0 Å². The van der Waals surface area contributed by atoms with Gasteiger partial charge in [-0.25, -0.2) is 4.79 Å². The van der Waals surface area contributed by atoms with E-state index < -0.39 is 11.9 Å². The van der Waals surface area contributed by atoms with Crippen molar-refractivity contribution in [2.75, 3.05) is 0 Å². The van der Waals surface area contributed by atoms with Crippen LogP contribution in [0.15, 0.2) is 48.8 Å². The van der Waals surface area contributed by atoms with Gasteiger partial charge in [0.05, 0.1) is 5.56 Å². The molecule has 1 aromatic heterocycles. The number of hydrogen-bond donors (Lipinski definition) is 2. The Bertz CT molecular complexity index is 638. The predicted octanol–water partition coefficient (Wildman–Crippen LogP) is 0.819. The zero-order valence-corrected chi connectivity index (χ0v) is 10.1. The van der Waals surface area contributed by atoms with E-state index in [4.69, 9.17) is 10.8 Å². The van der Waals surface area contributed by atoms with Crippen LogP contribution in [0.5, 0.6) is 0 Å². The highest BCUT2D eigenvalue weighted by Crippen LogP contribution is 2.08. The molecule has 2 aromatic rings. The molecule has 0 unspecified atom stereocenters. The molecule has 1 heterocycles. The van der Waals surface area contributed by atoms with Crippen molar-refractivity contribution in [3.8, 4) is 0 Å². The molecule has 1 aromatic carbocycles. The zero-order valence-electron chi connectivity index (χ0n) is 10.1. The van der Waals surface area contributed by atoms with Crippen LogP contribution in [0, 0.1) is 0 Å². The first kappa shape index (κ1) is 12.8. The summed E-state index contributed by atoms with van der Waals surface area (Å²) in [7, 11) is 0. The van der Waals surface area contributed by atoms with Crippen LogP contribution in [-0.4, -0.2) is 17.0 Å². The van der Waals surface area contributed by atoms with Crippen LogP contribution >= 0.6 is 0 Å². The third-order valence-electron chi connectivity index (χ3n) is 2.74. The fraction of sp³-hybridized carbons (Fsp3) is 0.0714. The number of carboxylic acids is 1. The number of nitrogens with two attached hydrogens (primary N) is 1. The van der Waals surface area contributed by atoms with Gasteiger partial charge in [0, 0.05) is 11.6 Å². The second-order valence-corrected chi connectivity index (χ2v) is 4.09. The number of amides is 1. The van der Waals surface area contributed by atoms with Gasteiger partial charge in [0.25, 0.3) is 5.91 Å². The Balaban J connectivity index is 2.34. The van der Waals surface area contributed by atoms with Crippen LogP contribution in [0.25, 0.3) is 0 Å². The number of carbonyl (C=O) groups is 2. The number of carboxylic acid groups (broad SMARTS) is 1. The lowest BCUT2D eigenvalue weighted by molar-refractivity contribution is -0.688. The quantitative estimate of drug-likeness (QED) is 0.795. The summed E-state index contributed by atoms with van der Waals surface area (Å²) in [5.41, 5.74) is 6.51. The standard InChI is InChI=1S/C14H12N2O3/c15-13(17)11-5-3-7-16(9-11)8-10-4-1-2-6-12(10)14(18)19/h1-7,9H,8H2,(H2-,15,17,18,19)/p+1. The van der Waals surface area contributed by atoms with E-state index in [2.05, 4.69) is 0 Å². The molecule has 5 heteroatoms. The Kier molecular flexibility index (Phi) is 3.56. The van der Waals surface area contributed by atoms with Crippen molar-refractivity contribution in [2.45, 2.75) is 6.54 Å². The molecule has 0 aliphatic heterocycles. The summed E-state index contributed by atoms with van der Waals surface area (Å²) in [6.45, 7) is 0.365. The molecule has 0 saturated heterocycles. The fourth-order valence-corrected chi connectivity index (χ4v) is 1.83. The lowest BCUT2D eigenvalue weighted by atomic mass is 10.1. The van der Waals surface area contributed by atoms with Gasteiger partial charge < -0.3 is 10.8 Å². The van der Waals surface area contributed by atoms with Crippen LogP contribution < -0.4 is 10.3 Å². The number of benzene rings is 1. The summed E-state index contributed by atoms with van der Waals surface area (Å²) in [5, 5.41) is 9.10. The van der Waals surface area contributed by atoms with Crippen LogP contribution in [0.1, 0.15) is 26.3 Å². The van der Waals surface area contributed by atoms with E-state index in [1.54, 1.807) is 53.4 Å². The van der Waals surface area contributed by atoms with Gasteiger partial charge >= 0.3 is 5.97 Å². The van der Waals surface area contributed by atoms with Crippen LogP contribution in [0.4, 0.5) is 0 Å². The number of hydrogen-bond acceptors (Lipinski definition) is 2. The number of carbonyl (C=O) groups excluding carboxylic acids is 1. The molecule has 0 spiro atoms. The highest BCUT2D eigenvalue weighted by Gasteiger charge is 2.14. The Morgan fingerprint density at radius 1 is 1.16 bits per heavy atom. The molecule has 0 atom stereocenters. The second kappa shape index (κ2) is 5.30. The number of primary amides is 1. The van der Waals surface area contributed by atoms with Crippen molar-refractivity contribution in [3.63, 3.8) is 0 Å². The third-order valence-corrected chi connectivity index (χ3v) is 2.74. The van der Waals surface area contributed by atoms with Crippen molar-refractivity contribution < 1.29 is 19.3 Å². The van der Waals surface area contributed by atoms with Crippen LogP contribution in [0.2, 0.25) is 0 Å². The number of rotatable bonds is 4. The molecule has 5 nitrogen and oxygen atoms in total. The molecule has 96 valence electrons. The number of aromatic carboxylic acids is 1. The first-order chi connectivity index (χ1) is 9.08. The van der Waals surface area contributed by atoms with E-state index in [-0.39, 0.29) is 5.56 Å². The topological polar surface area (TPSA) is 84.3 Å². The molecule has 0 aliphatic carbocycles. The minimum atomic E-state index is -0.970. The first-order valence-corrected chi connectivity index (χ1v) is 5.68. The van der Waals surface area contributed by atoms with Crippen LogP contribution in [0.3, 0.4) is 0 Å². The molecule has 0 fully saturated rings. The SMILES string of the molecule is NC(=O)c1ccc[n+](Cc2ccccc2C(=O)O)c1. The van der Waals surface area contributed by atoms with Gasteiger partial charge in [0.15, 0.2) is 18.9 Å². The van der Waals surface area contributed by atoms with Gasteiger partial charge in [0.1, 0.15) is 5.56 Å². The van der Waals surface area contributed by atoms with Crippen molar-refractivity contribution in [3.05, 3.63) is 65.5 Å². The molecule has 0 radical (unpaired) electrons. The largest absolute Gasteiger partial charge is 0.478 e. The van der Waals surface area contributed by atoms with Gasteiger partial charge in [-0.2, -0.15) is 4.57 Å². The van der Waals surface area contributed by atoms with Gasteiger partial charge in [-0.15, -0.1) is 0 Å². The summed E-state index contributed by atoms with van der Waals surface area (Å²) in [6.07, 6.45) is 3.35. The van der Waals surface area contributed by atoms with E-state index in [0.717, 1.165) is 0 Å². The lowest BCUT2D eigenvalue weighted by Crippen LogP contribution is -2.35. The molecular weight excluding hydrogens is 244 g/mol. The van der Waals surface area contributed by atoms with Gasteiger partial charge in [0.2, 0.25) is 0 Å². The highest BCUT2D eigenvalue weighted by molar-refractivity contribution is 5.92. The molecule has 0 bridgehead atoms. The van der Waals surface area contributed by atoms with E-state index in [9.17, 15) is 9.59 Å². The van der Waals surface area contributed by atoms with Gasteiger partial charge in [-0.3, -0.25) is 4.79 Å². The highest BCUT2D eigenvalue weighted by atomic mass is 16.4. The molecular formula is C14H13N2O3+. The molecule has 1 amide bonds. The zero-order chi connectivity index (χ0) is 13.8. The molecule has 0 saturated carbocycles. The third kappa shape index (κ3) is 2.95. The predicted molar refractivity (Wildman–Crippen MR) is 67.7 cm³/mol. The fourth-order valence-electron chi connectivity index (χ4n) is 1.83. The maximum Gasteiger partial charge on any atom is 0.336 e. The number of pyridine rings is 1. The minimum absolute atomic E-state index is 0.250. The smallest absolute Gasteiger partial charge is 0.336 e. The summed E-state index contributed by atoms with van der Waals surface area (Å²) in [6, 6.07) is 10.1.